The third-order valence-corrected chi connectivity index (χ3v) is 8.96. The van der Waals surface area contributed by atoms with E-state index in [9.17, 15) is 13.2 Å². The predicted octanol–water partition coefficient (Wildman–Crippen LogP) is 5.86. The lowest BCUT2D eigenvalue weighted by atomic mass is 9.81. The molecule has 2 aliphatic heterocycles. The summed E-state index contributed by atoms with van der Waals surface area (Å²) in [7, 11) is 3.23. The van der Waals surface area contributed by atoms with E-state index in [0.717, 1.165) is 57.8 Å². The molecule has 1 saturated heterocycles. The van der Waals surface area contributed by atoms with Gasteiger partial charge in [-0.2, -0.15) is 23.4 Å². The Bertz CT molecular complexity index is 1680. The third kappa shape index (κ3) is 4.68. The van der Waals surface area contributed by atoms with Crippen LogP contribution in [0.15, 0.2) is 12.1 Å². The summed E-state index contributed by atoms with van der Waals surface area (Å²) in [6, 6.07) is 4.01. The second-order valence-corrected chi connectivity index (χ2v) is 12.4. The molecule has 5 heterocycles. The molecule has 9 nitrogen and oxygen atoms in total. The van der Waals surface area contributed by atoms with Gasteiger partial charge in [0.05, 0.1) is 17.3 Å². The van der Waals surface area contributed by atoms with Gasteiger partial charge in [0.1, 0.15) is 16.7 Å². The van der Waals surface area contributed by atoms with Crippen LogP contribution in [0.25, 0.3) is 22.3 Å². The number of aromatic nitrogens is 6. The highest BCUT2D eigenvalue weighted by Crippen LogP contribution is 2.43. The smallest absolute Gasteiger partial charge is 0.381 e. The Balaban J connectivity index is 1.50. The fourth-order valence-corrected chi connectivity index (χ4v) is 6.96. The van der Waals surface area contributed by atoms with E-state index >= 15 is 0 Å². The van der Waals surface area contributed by atoms with Gasteiger partial charge < -0.3 is 14.5 Å². The van der Waals surface area contributed by atoms with Crippen LogP contribution in [0.1, 0.15) is 48.5 Å². The van der Waals surface area contributed by atoms with Gasteiger partial charge in [0.25, 0.3) is 0 Å². The predicted molar refractivity (Wildman–Crippen MR) is 156 cm³/mol. The van der Waals surface area contributed by atoms with Crippen LogP contribution in [0.4, 0.5) is 24.8 Å². The quantitative estimate of drug-likeness (QED) is 0.313. The van der Waals surface area contributed by atoms with E-state index in [1.807, 2.05) is 30.9 Å². The van der Waals surface area contributed by atoms with Crippen molar-refractivity contribution in [2.24, 2.45) is 12.5 Å². The molecule has 0 aliphatic carbocycles. The van der Waals surface area contributed by atoms with Crippen molar-refractivity contribution in [3.8, 4) is 11.4 Å². The molecule has 0 radical (unpaired) electrons. The summed E-state index contributed by atoms with van der Waals surface area (Å²) in [5.41, 5.74) is 4.28. The molecule has 1 N–H and O–H groups in total. The molecule has 2 aliphatic rings. The molecule has 0 bridgehead atoms. The van der Waals surface area contributed by atoms with E-state index in [1.165, 1.54) is 11.7 Å². The number of benzene rings is 1. The minimum atomic E-state index is -4.65. The number of nitrogens with one attached hydrogen (secondary N) is 1. The van der Waals surface area contributed by atoms with Crippen molar-refractivity contribution in [2.75, 3.05) is 36.5 Å². The Morgan fingerprint density at radius 2 is 1.88 bits per heavy atom. The molecule has 42 heavy (non-hydrogen) atoms. The number of H-pyrrole nitrogens is 1. The Labute approximate surface area is 247 Å². The molecule has 0 unspecified atom stereocenters. The summed E-state index contributed by atoms with van der Waals surface area (Å²) >= 11 is 6.31. The number of methoxy groups -OCH3 is 1. The first-order chi connectivity index (χ1) is 19.8. The lowest BCUT2D eigenvalue weighted by Crippen LogP contribution is -2.50. The lowest BCUT2D eigenvalue weighted by Gasteiger charge is -2.45. The van der Waals surface area contributed by atoms with Gasteiger partial charge >= 0.3 is 6.18 Å². The molecule has 224 valence electrons. The molecule has 3 aromatic heterocycles. The number of fused-ring (bicyclic) bond motifs is 2. The second-order valence-electron chi connectivity index (χ2n) is 12.0. The molecule has 6 rings (SSSR count). The minimum absolute atomic E-state index is 0.0981. The van der Waals surface area contributed by atoms with E-state index in [0.29, 0.717) is 31.9 Å². The van der Waals surface area contributed by atoms with Crippen LogP contribution in [0.5, 0.6) is 0 Å². The SMILES string of the molecule is CO[C@@H]1CCN(c2nc(-c3c(C)ccc4n[nH]c(C)c34)nc3c2CN(c2c(Cl)c(C(F)(F)F)nn2C)CC3)CC1(C)C. The summed E-state index contributed by atoms with van der Waals surface area (Å²) in [6.45, 7) is 10.6. The lowest BCUT2D eigenvalue weighted by molar-refractivity contribution is -0.141. The van der Waals surface area contributed by atoms with E-state index < -0.39 is 16.9 Å². The summed E-state index contributed by atoms with van der Waals surface area (Å²) in [6.07, 6.45) is -3.22. The number of hydrogen-bond donors (Lipinski definition) is 1. The highest BCUT2D eigenvalue weighted by Gasteiger charge is 2.41. The highest BCUT2D eigenvalue weighted by molar-refractivity contribution is 6.33. The fraction of sp³-hybridized carbons (Fsp3) is 0.517. The highest BCUT2D eigenvalue weighted by atomic mass is 35.5. The number of halogens is 4. The standard InChI is InChI=1S/C29H34ClF3N8O/c1-15-7-8-19-22(16(2)36-37-19)21(15)25-34-18-9-11-40(27-23(30)24(29(31,32)33)38-39(27)5)13-17(18)26(35-25)41-12-10-20(42-6)28(3,4)14-41/h7-8,20H,9-14H2,1-6H3,(H,36,37)/t20-/m1/s1. The number of alkyl halides is 3. The van der Waals surface area contributed by atoms with E-state index in [2.05, 4.69) is 34.0 Å². The van der Waals surface area contributed by atoms with Gasteiger partial charge in [-0.3, -0.25) is 9.78 Å². The van der Waals surface area contributed by atoms with Gasteiger partial charge in [0.15, 0.2) is 11.5 Å². The van der Waals surface area contributed by atoms with Crippen molar-refractivity contribution >= 4 is 34.1 Å². The Morgan fingerprint density at radius 1 is 1.12 bits per heavy atom. The molecule has 13 heteroatoms. The van der Waals surface area contributed by atoms with Crippen LogP contribution in [-0.4, -0.2) is 62.8 Å². The molecule has 0 amide bonds. The summed E-state index contributed by atoms with van der Waals surface area (Å²) in [5, 5.41) is 11.8. The van der Waals surface area contributed by atoms with Crippen molar-refractivity contribution in [1.82, 2.24) is 29.9 Å². The maximum Gasteiger partial charge on any atom is 0.436 e. The zero-order chi connectivity index (χ0) is 30.1. The van der Waals surface area contributed by atoms with Crippen LogP contribution in [-0.2, 0) is 30.9 Å². The molecule has 1 aromatic carbocycles. The van der Waals surface area contributed by atoms with Crippen LogP contribution >= 0.6 is 11.6 Å². The number of nitrogens with zero attached hydrogens (tertiary/aromatic N) is 7. The van der Waals surface area contributed by atoms with Crippen molar-refractivity contribution in [3.63, 3.8) is 0 Å². The molecule has 0 spiro atoms. The van der Waals surface area contributed by atoms with Crippen LogP contribution in [0.2, 0.25) is 5.02 Å². The first-order valence-corrected chi connectivity index (χ1v) is 14.3. The van der Waals surface area contributed by atoms with Crippen molar-refractivity contribution in [1.29, 1.82) is 0 Å². The van der Waals surface area contributed by atoms with Gasteiger partial charge in [0.2, 0.25) is 0 Å². The number of aromatic amines is 1. The number of aryl methyl sites for hydroxylation is 3. The average molecular weight is 603 g/mol. The largest absolute Gasteiger partial charge is 0.436 e. The maximum atomic E-state index is 13.6. The second kappa shape index (κ2) is 10.1. The molecule has 4 aromatic rings. The fourth-order valence-electron chi connectivity index (χ4n) is 6.58. The zero-order valence-corrected chi connectivity index (χ0v) is 25.3. The minimum Gasteiger partial charge on any atom is -0.381 e. The van der Waals surface area contributed by atoms with Crippen molar-refractivity contribution < 1.29 is 17.9 Å². The molecule has 1 atom stereocenters. The molecule has 0 saturated carbocycles. The van der Waals surface area contributed by atoms with E-state index in [-0.39, 0.29) is 17.3 Å². The number of hydrogen-bond acceptors (Lipinski definition) is 7. The molecular formula is C29H34ClF3N8O. The van der Waals surface area contributed by atoms with Crippen molar-refractivity contribution in [2.45, 2.75) is 59.4 Å². The van der Waals surface area contributed by atoms with Crippen LogP contribution in [0.3, 0.4) is 0 Å². The van der Waals surface area contributed by atoms with Crippen LogP contribution < -0.4 is 9.80 Å². The maximum absolute atomic E-state index is 13.6. The Kier molecular flexibility index (Phi) is 6.92. The van der Waals surface area contributed by atoms with Gasteiger partial charge in [-0.15, -0.1) is 0 Å². The third-order valence-electron chi connectivity index (χ3n) is 8.62. The summed E-state index contributed by atoms with van der Waals surface area (Å²) < 4.78 is 47.9. The molecular weight excluding hydrogens is 569 g/mol. The van der Waals surface area contributed by atoms with Crippen molar-refractivity contribution in [3.05, 3.63) is 45.4 Å². The Hall–Kier alpha value is -3.38. The van der Waals surface area contributed by atoms with Crippen LogP contribution in [0, 0.1) is 19.3 Å². The van der Waals surface area contributed by atoms with Gasteiger partial charge in [0, 0.05) is 74.4 Å². The Morgan fingerprint density at radius 3 is 2.55 bits per heavy atom. The first kappa shape index (κ1) is 28.7. The number of anilines is 2. The normalized spacial score (nSPS) is 19.0. The monoisotopic (exact) mass is 602 g/mol. The zero-order valence-electron chi connectivity index (χ0n) is 24.5. The molecule has 1 fully saturated rings. The van der Waals surface area contributed by atoms with Gasteiger partial charge in [-0.1, -0.05) is 31.5 Å². The van der Waals surface area contributed by atoms with Gasteiger partial charge in [-0.05, 0) is 31.9 Å². The average Bonchev–Trinajstić information content (AvgIpc) is 3.45. The summed E-state index contributed by atoms with van der Waals surface area (Å²) in [4.78, 5) is 14.4. The first-order valence-electron chi connectivity index (χ1n) is 14.0. The van der Waals surface area contributed by atoms with Gasteiger partial charge in [-0.25, -0.2) is 9.97 Å². The topological polar surface area (TPSA) is 88.0 Å². The number of piperidine rings is 1. The summed E-state index contributed by atoms with van der Waals surface area (Å²) in [5.74, 6) is 1.64. The van der Waals surface area contributed by atoms with E-state index in [1.54, 1.807) is 7.11 Å². The number of rotatable bonds is 4. The van der Waals surface area contributed by atoms with E-state index in [4.69, 9.17) is 26.3 Å². The number of ether oxygens (including phenoxy) is 1.